The van der Waals surface area contributed by atoms with Crippen molar-refractivity contribution in [3.8, 4) is 5.75 Å². The maximum atomic E-state index is 13.4. The molecule has 1 aliphatic heterocycles. The SMILES string of the molecule is CCOc1ccc([C@H]2CC(c3ccc(F)cc3)=NN2C(=O)CN(C)C2CCCCC2)cc1. The summed E-state index contributed by atoms with van der Waals surface area (Å²) in [5.74, 6) is 0.523. The number of rotatable bonds is 7. The summed E-state index contributed by atoms with van der Waals surface area (Å²) in [4.78, 5) is 15.6. The first kappa shape index (κ1) is 22.5. The highest BCUT2D eigenvalue weighted by atomic mass is 19.1. The number of hydrogen-bond donors (Lipinski definition) is 0. The number of amides is 1. The summed E-state index contributed by atoms with van der Waals surface area (Å²) in [5, 5.41) is 6.36. The molecule has 2 aromatic rings. The van der Waals surface area contributed by atoms with Gasteiger partial charge in [-0.2, -0.15) is 5.10 Å². The van der Waals surface area contributed by atoms with Gasteiger partial charge in [-0.05, 0) is 62.2 Å². The third-order valence-corrected chi connectivity index (χ3v) is 6.50. The zero-order chi connectivity index (χ0) is 22.5. The van der Waals surface area contributed by atoms with Crippen molar-refractivity contribution in [1.82, 2.24) is 9.91 Å². The molecule has 1 heterocycles. The fourth-order valence-electron chi connectivity index (χ4n) is 4.71. The quantitative estimate of drug-likeness (QED) is 0.601. The number of carbonyl (C=O) groups excluding carboxylic acids is 1. The summed E-state index contributed by atoms with van der Waals surface area (Å²) < 4.78 is 19.0. The zero-order valence-corrected chi connectivity index (χ0v) is 19.0. The van der Waals surface area contributed by atoms with Gasteiger partial charge in [0, 0.05) is 12.5 Å². The van der Waals surface area contributed by atoms with Crippen LogP contribution >= 0.6 is 0 Å². The molecule has 0 bridgehead atoms. The molecular weight excluding hydrogens is 405 g/mol. The second-order valence-corrected chi connectivity index (χ2v) is 8.72. The molecule has 4 rings (SSSR count). The molecule has 5 nitrogen and oxygen atoms in total. The van der Waals surface area contributed by atoms with Gasteiger partial charge in [0.15, 0.2) is 0 Å². The first-order valence-corrected chi connectivity index (χ1v) is 11.6. The van der Waals surface area contributed by atoms with Crippen LogP contribution in [0, 0.1) is 5.82 Å². The van der Waals surface area contributed by atoms with Crippen LogP contribution in [0.2, 0.25) is 0 Å². The monoisotopic (exact) mass is 437 g/mol. The average molecular weight is 438 g/mol. The first-order valence-electron chi connectivity index (χ1n) is 11.6. The van der Waals surface area contributed by atoms with Crippen LogP contribution < -0.4 is 4.74 Å². The normalized spacial score (nSPS) is 19.3. The van der Waals surface area contributed by atoms with Gasteiger partial charge < -0.3 is 4.74 Å². The molecule has 1 saturated carbocycles. The zero-order valence-electron chi connectivity index (χ0n) is 19.0. The first-order chi connectivity index (χ1) is 15.5. The molecule has 0 N–H and O–H groups in total. The number of carbonyl (C=O) groups is 1. The number of likely N-dealkylation sites (N-methyl/N-ethyl adjacent to an activating group) is 1. The van der Waals surface area contributed by atoms with Crippen molar-refractivity contribution in [3.05, 3.63) is 65.5 Å². The number of hydrazone groups is 1. The van der Waals surface area contributed by atoms with Gasteiger partial charge in [-0.1, -0.05) is 43.5 Å². The molecule has 170 valence electrons. The highest BCUT2D eigenvalue weighted by molar-refractivity contribution is 6.03. The summed E-state index contributed by atoms with van der Waals surface area (Å²) in [5.41, 5.74) is 2.67. The van der Waals surface area contributed by atoms with Crippen LogP contribution in [-0.2, 0) is 4.79 Å². The van der Waals surface area contributed by atoms with E-state index in [1.807, 2.05) is 38.2 Å². The standard InChI is InChI=1S/C26H32FN3O2/c1-3-32-23-15-11-20(12-16-23)25-17-24(19-9-13-21(27)14-10-19)28-30(25)26(31)18-29(2)22-7-5-4-6-8-22/h9-16,22,25H,3-8,17-18H2,1-2H3/t25-/m1/s1. The van der Waals surface area contributed by atoms with Crippen LogP contribution in [0.4, 0.5) is 4.39 Å². The second-order valence-electron chi connectivity index (χ2n) is 8.72. The Bertz CT molecular complexity index is 937. The Morgan fingerprint density at radius 1 is 1.09 bits per heavy atom. The van der Waals surface area contributed by atoms with Gasteiger partial charge in [0.1, 0.15) is 11.6 Å². The molecule has 0 radical (unpaired) electrons. The maximum absolute atomic E-state index is 13.4. The Kier molecular flexibility index (Phi) is 7.20. The molecule has 0 unspecified atom stereocenters. The van der Waals surface area contributed by atoms with E-state index in [2.05, 4.69) is 4.90 Å². The van der Waals surface area contributed by atoms with Crippen LogP contribution in [-0.4, -0.2) is 47.8 Å². The molecule has 1 aliphatic carbocycles. The van der Waals surface area contributed by atoms with Gasteiger partial charge in [0.25, 0.3) is 5.91 Å². The van der Waals surface area contributed by atoms with Gasteiger partial charge in [0.2, 0.25) is 0 Å². The van der Waals surface area contributed by atoms with E-state index in [0.717, 1.165) is 35.4 Å². The van der Waals surface area contributed by atoms with E-state index in [0.29, 0.717) is 25.6 Å². The minimum Gasteiger partial charge on any atom is -0.494 e. The predicted molar refractivity (Wildman–Crippen MR) is 124 cm³/mol. The summed E-state index contributed by atoms with van der Waals surface area (Å²) >= 11 is 0. The lowest BCUT2D eigenvalue weighted by Gasteiger charge is -2.32. The van der Waals surface area contributed by atoms with Crippen molar-refractivity contribution in [2.24, 2.45) is 5.10 Å². The molecule has 0 aromatic heterocycles. The smallest absolute Gasteiger partial charge is 0.257 e. The summed E-state index contributed by atoms with van der Waals surface area (Å²) in [7, 11) is 2.04. The van der Waals surface area contributed by atoms with E-state index in [-0.39, 0.29) is 17.8 Å². The van der Waals surface area contributed by atoms with Crippen LogP contribution in [0.15, 0.2) is 53.6 Å². The number of benzene rings is 2. The molecular formula is C26H32FN3O2. The third-order valence-electron chi connectivity index (χ3n) is 6.50. The molecule has 1 atom stereocenters. The fourth-order valence-corrected chi connectivity index (χ4v) is 4.71. The Hall–Kier alpha value is -2.73. The number of ether oxygens (including phenoxy) is 1. The lowest BCUT2D eigenvalue weighted by molar-refractivity contribution is -0.134. The largest absolute Gasteiger partial charge is 0.494 e. The lowest BCUT2D eigenvalue weighted by atomic mass is 9.94. The van der Waals surface area contributed by atoms with Crippen LogP contribution in [0.1, 0.15) is 62.6 Å². The summed E-state index contributed by atoms with van der Waals surface area (Å²) in [6.07, 6.45) is 6.64. The highest BCUT2D eigenvalue weighted by Gasteiger charge is 2.34. The Labute approximate surface area is 189 Å². The molecule has 0 saturated heterocycles. The van der Waals surface area contributed by atoms with E-state index in [1.165, 1.54) is 31.4 Å². The second kappa shape index (κ2) is 10.3. The van der Waals surface area contributed by atoms with E-state index in [9.17, 15) is 9.18 Å². The molecule has 32 heavy (non-hydrogen) atoms. The third kappa shape index (κ3) is 5.18. The topological polar surface area (TPSA) is 45.1 Å². The maximum Gasteiger partial charge on any atom is 0.257 e. The fraction of sp³-hybridized carbons (Fsp3) is 0.462. The van der Waals surface area contributed by atoms with Crippen molar-refractivity contribution in [2.45, 2.75) is 57.5 Å². The van der Waals surface area contributed by atoms with Crippen molar-refractivity contribution in [3.63, 3.8) is 0 Å². The van der Waals surface area contributed by atoms with Gasteiger partial charge in [0.05, 0.1) is 24.9 Å². The molecule has 6 heteroatoms. The average Bonchev–Trinajstić information content (AvgIpc) is 3.26. The molecule has 1 amide bonds. The van der Waals surface area contributed by atoms with E-state index >= 15 is 0 Å². The van der Waals surface area contributed by atoms with Crippen LogP contribution in [0.3, 0.4) is 0 Å². The van der Waals surface area contributed by atoms with E-state index in [1.54, 1.807) is 17.1 Å². The number of hydrogen-bond acceptors (Lipinski definition) is 4. The van der Waals surface area contributed by atoms with Gasteiger partial charge in [-0.25, -0.2) is 9.40 Å². The molecule has 2 aliphatic rings. The van der Waals surface area contributed by atoms with Crippen molar-refractivity contribution in [2.75, 3.05) is 20.2 Å². The highest BCUT2D eigenvalue weighted by Crippen LogP contribution is 2.34. The number of nitrogens with zero attached hydrogens (tertiary/aromatic N) is 3. The van der Waals surface area contributed by atoms with E-state index in [4.69, 9.17) is 9.84 Å². The Balaban J connectivity index is 1.56. The molecule has 2 aromatic carbocycles. The van der Waals surface area contributed by atoms with Gasteiger partial charge in [-0.15, -0.1) is 0 Å². The van der Waals surface area contributed by atoms with Gasteiger partial charge >= 0.3 is 0 Å². The predicted octanol–water partition coefficient (Wildman–Crippen LogP) is 5.17. The minimum absolute atomic E-state index is 0.00549. The Morgan fingerprint density at radius 3 is 2.44 bits per heavy atom. The minimum atomic E-state index is -0.280. The lowest BCUT2D eigenvalue weighted by Crippen LogP contribution is -2.41. The van der Waals surface area contributed by atoms with Crippen molar-refractivity contribution < 1.29 is 13.9 Å². The summed E-state index contributed by atoms with van der Waals surface area (Å²) in [6.45, 7) is 2.91. The molecule has 1 fully saturated rings. The van der Waals surface area contributed by atoms with Crippen LogP contribution in [0.25, 0.3) is 0 Å². The van der Waals surface area contributed by atoms with E-state index < -0.39 is 0 Å². The van der Waals surface area contributed by atoms with Crippen molar-refractivity contribution >= 4 is 11.6 Å². The molecule has 0 spiro atoms. The van der Waals surface area contributed by atoms with Gasteiger partial charge in [-0.3, -0.25) is 9.69 Å². The summed E-state index contributed by atoms with van der Waals surface area (Å²) in [6, 6.07) is 14.5. The number of halogens is 1. The Morgan fingerprint density at radius 2 is 1.78 bits per heavy atom. The van der Waals surface area contributed by atoms with Crippen LogP contribution in [0.5, 0.6) is 5.75 Å². The van der Waals surface area contributed by atoms with Crippen molar-refractivity contribution in [1.29, 1.82) is 0 Å².